The maximum Gasteiger partial charge on any atom is 0.235 e. The lowest BCUT2D eigenvalue weighted by molar-refractivity contribution is 0.123. The summed E-state index contributed by atoms with van der Waals surface area (Å²) < 4.78 is 42.2. The molecule has 1 saturated heterocycles. The van der Waals surface area contributed by atoms with Crippen LogP contribution in [-0.4, -0.2) is 64.7 Å². The standard InChI is InChI=1S/C14H21FN4O5P2S2/c1-20-9-25(27)22-3-2-19-13(18-11-4-16-8-17-14(11)19)7-23-26(28)24-12-6-21-5-10(12)15/h4,8-10,12,25,27-28H,2-3,5-7H2,1H3/t10-,12?,26?/m1/s1. The van der Waals surface area contributed by atoms with Crippen molar-refractivity contribution in [2.24, 2.45) is 0 Å². The molecule has 1 fully saturated rings. The fourth-order valence-corrected chi connectivity index (χ4v) is 4.92. The van der Waals surface area contributed by atoms with Crippen molar-refractivity contribution in [1.82, 2.24) is 19.5 Å². The second-order valence-electron chi connectivity index (χ2n) is 5.66. The van der Waals surface area contributed by atoms with Gasteiger partial charge in [0.15, 0.2) is 11.8 Å². The molecule has 0 aliphatic carbocycles. The Kier molecular flexibility index (Phi) is 8.96. The van der Waals surface area contributed by atoms with Gasteiger partial charge in [0.2, 0.25) is 7.58 Å². The Bertz CT molecular complexity index is 817. The number of hydrogen-bond donors (Lipinski definition) is 2. The van der Waals surface area contributed by atoms with Crippen LogP contribution in [0.4, 0.5) is 4.39 Å². The summed E-state index contributed by atoms with van der Waals surface area (Å²) in [5.41, 5.74) is 1.30. The molecule has 0 amide bonds. The van der Waals surface area contributed by atoms with Gasteiger partial charge in [0.05, 0.1) is 39.0 Å². The van der Waals surface area contributed by atoms with Crippen molar-refractivity contribution in [3.8, 4) is 0 Å². The number of alkyl halides is 1. The minimum atomic E-state index is -1.59. The van der Waals surface area contributed by atoms with Crippen LogP contribution >= 0.6 is 39.0 Å². The van der Waals surface area contributed by atoms with Crippen molar-refractivity contribution >= 4 is 56.2 Å². The van der Waals surface area contributed by atoms with Crippen LogP contribution in [0, 0.1) is 0 Å². The Balaban J connectivity index is 1.63. The predicted molar refractivity (Wildman–Crippen MR) is 113 cm³/mol. The Morgan fingerprint density at radius 1 is 1.50 bits per heavy atom. The maximum absolute atomic E-state index is 13.6. The van der Waals surface area contributed by atoms with Crippen LogP contribution in [0.1, 0.15) is 5.82 Å². The van der Waals surface area contributed by atoms with Gasteiger partial charge < -0.3 is 27.6 Å². The quantitative estimate of drug-likeness (QED) is 0.405. The number of thiol groups is 2. The fraction of sp³-hybridized carbons (Fsp3) is 0.571. The van der Waals surface area contributed by atoms with E-state index in [2.05, 4.69) is 39.4 Å². The molecule has 3 unspecified atom stereocenters. The first-order valence-electron chi connectivity index (χ1n) is 8.29. The zero-order valence-electron chi connectivity index (χ0n) is 15.0. The van der Waals surface area contributed by atoms with E-state index in [1.807, 2.05) is 4.57 Å². The molecule has 156 valence electrons. The van der Waals surface area contributed by atoms with Gasteiger partial charge in [-0.25, -0.2) is 19.3 Å². The highest BCUT2D eigenvalue weighted by Crippen LogP contribution is 2.46. The van der Waals surface area contributed by atoms with Crippen LogP contribution in [-0.2, 0) is 36.2 Å². The van der Waals surface area contributed by atoms with Crippen molar-refractivity contribution < 1.29 is 27.4 Å². The number of rotatable bonds is 10. The highest BCUT2D eigenvalue weighted by molar-refractivity contribution is 8.42. The Hall–Kier alpha value is -0.290. The van der Waals surface area contributed by atoms with Crippen molar-refractivity contribution in [3.63, 3.8) is 0 Å². The lowest BCUT2D eigenvalue weighted by Crippen LogP contribution is -2.21. The first kappa shape index (κ1) is 22.4. The number of nitrogens with zero attached hydrogens (tertiary/aromatic N) is 4. The van der Waals surface area contributed by atoms with E-state index in [0.717, 1.165) is 0 Å². The molecular formula is C14H21FN4O5P2S2. The molecule has 2 aromatic heterocycles. The monoisotopic (exact) mass is 470 g/mol. The van der Waals surface area contributed by atoms with Crippen LogP contribution in [0.2, 0.25) is 0 Å². The number of imidazole rings is 1. The summed E-state index contributed by atoms with van der Waals surface area (Å²) in [5, 5.41) is 0. The molecule has 0 aromatic carbocycles. The van der Waals surface area contributed by atoms with Gasteiger partial charge >= 0.3 is 0 Å². The van der Waals surface area contributed by atoms with Gasteiger partial charge in [-0.05, 0) is 0 Å². The molecule has 14 heteroatoms. The van der Waals surface area contributed by atoms with Gasteiger partial charge in [0.25, 0.3) is 0 Å². The molecule has 1 aliphatic heterocycles. The third-order valence-corrected chi connectivity index (χ3v) is 6.84. The minimum absolute atomic E-state index is 0.0329. The summed E-state index contributed by atoms with van der Waals surface area (Å²) in [7, 11) is -0.0305. The number of methoxy groups -OCH3 is 1. The van der Waals surface area contributed by atoms with Crippen molar-refractivity contribution in [3.05, 3.63) is 18.3 Å². The van der Waals surface area contributed by atoms with Gasteiger partial charge in [0.1, 0.15) is 30.4 Å². The van der Waals surface area contributed by atoms with Crippen molar-refractivity contribution in [1.29, 1.82) is 0 Å². The van der Waals surface area contributed by atoms with E-state index in [-0.39, 0.29) is 19.8 Å². The van der Waals surface area contributed by atoms with Gasteiger partial charge in [-0.1, -0.05) is 12.2 Å². The molecule has 3 heterocycles. The normalized spacial score (nSPS) is 22.1. The Labute approximate surface area is 174 Å². The maximum atomic E-state index is 13.6. The topological polar surface area (TPSA) is 89.8 Å². The number of ether oxygens (including phenoxy) is 2. The molecule has 0 bridgehead atoms. The summed E-state index contributed by atoms with van der Waals surface area (Å²) in [4.78, 5) is 12.8. The molecule has 0 saturated carbocycles. The average Bonchev–Trinajstić information content (AvgIpc) is 3.24. The third kappa shape index (κ3) is 6.10. The molecule has 2 aromatic rings. The minimum Gasteiger partial charge on any atom is -0.375 e. The first-order valence-corrected chi connectivity index (χ1v) is 13.4. The third-order valence-electron chi connectivity index (χ3n) is 3.77. The van der Waals surface area contributed by atoms with Gasteiger partial charge in [-0.2, -0.15) is 0 Å². The Morgan fingerprint density at radius 3 is 3.11 bits per heavy atom. The van der Waals surface area contributed by atoms with E-state index < -0.39 is 26.8 Å². The largest absolute Gasteiger partial charge is 0.375 e. The zero-order valence-corrected chi connectivity index (χ0v) is 18.7. The highest BCUT2D eigenvalue weighted by Gasteiger charge is 2.31. The molecule has 3 rings (SSSR count). The van der Waals surface area contributed by atoms with E-state index in [0.29, 0.717) is 30.1 Å². The summed E-state index contributed by atoms with van der Waals surface area (Å²) in [6.07, 6.45) is 1.25. The zero-order chi connectivity index (χ0) is 19.9. The summed E-state index contributed by atoms with van der Waals surface area (Å²) in [6.45, 7) is -0.185. The second-order valence-corrected chi connectivity index (χ2v) is 10.1. The van der Waals surface area contributed by atoms with Crippen LogP contribution in [0.3, 0.4) is 0 Å². The summed E-state index contributed by atoms with van der Waals surface area (Å²) >= 11 is 8.61. The Morgan fingerprint density at radius 2 is 2.36 bits per heavy atom. The molecule has 0 radical (unpaired) electrons. The van der Waals surface area contributed by atoms with Gasteiger partial charge in [-0.15, -0.1) is 12.2 Å². The molecular weight excluding hydrogens is 449 g/mol. The summed E-state index contributed by atoms with van der Waals surface area (Å²) in [5.74, 6) is 2.19. The average molecular weight is 470 g/mol. The number of aromatic nitrogens is 4. The molecule has 0 N–H and O–H groups in total. The van der Waals surface area contributed by atoms with E-state index in [1.54, 1.807) is 19.3 Å². The van der Waals surface area contributed by atoms with E-state index in [1.165, 1.54) is 6.33 Å². The van der Waals surface area contributed by atoms with Crippen molar-refractivity contribution in [2.45, 2.75) is 25.4 Å². The van der Waals surface area contributed by atoms with Crippen LogP contribution in [0.25, 0.3) is 11.2 Å². The van der Waals surface area contributed by atoms with Gasteiger partial charge in [0, 0.05) is 13.7 Å². The lowest BCUT2D eigenvalue weighted by atomic mass is 10.3. The van der Waals surface area contributed by atoms with Crippen LogP contribution < -0.4 is 0 Å². The first-order chi connectivity index (χ1) is 13.6. The number of fused-ring (bicyclic) bond motifs is 1. The molecule has 4 atom stereocenters. The molecule has 28 heavy (non-hydrogen) atoms. The molecule has 1 aliphatic rings. The van der Waals surface area contributed by atoms with E-state index in [9.17, 15) is 4.39 Å². The fourth-order valence-electron chi connectivity index (χ4n) is 2.51. The highest BCUT2D eigenvalue weighted by atomic mass is 32.7. The molecule has 0 spiro atoms. The number of hydrogen-bond acceptors (Lipinski definition) is 10. The predicted octanol–water partition coefficient (Wildman–Crippen LogP) is 2.65. The SMILES string of the molecule is CO/C=[PH](/S)OCCn1c(COP(S)OC2COC[C@H]2F)nc2cncnc21. The smallest absolute Gasteiger partial charge is 0.235 e. The lowest BCUT2D eigenvalue weighted by Gasteiger charge is -2.17. The second kappa shape index (κ2) is 11.2. The van der Waals surface area contributed by atoms with Crippen molar-refractivity contribution in [2.75, 3.05) is 26.9 Å². The van der Waals surface area contributed by atoms with E-state index >= 15 is 0 Å². The van der Waals surface area contributed by atoms with E-state index in [4.69, 9.17) is 23.0 Å². The number of halogens is 1. The van der Waals surface area contributed by atoms with Gasteiger partial charge in [-0.3, -0.25) is 0 Å². The van der Waals surface area contributed by atoms with Crippen LogP contribution in [0.15, 0.2) is 12.5 Å². The summed E-state index contributed by atoms with van der Waals surface area (Å²) in [6, 6.07) is 0. The molecule has 9 nitrogen and oxygen atoms in total. The van der Waals surface area contributed by atoms with Crippen LogP contribution in [0.5, 0.6) is 0 Å².